The second kappa shape index (κ2) is 10.5. The fraction of sp³-hybridized carbons (Fsp3) is 0.100. The van der Waals surface area contributed by atoms with Crippen LogP contribution in [0.1, 0.15) is 47.2 Å². The van der Waals surface area contributed by atoms with Crippen molar-refractivity contribution in [3.05, 3.63) is 155 Å². The summed E-state index contributed by atoms with van der Waals surface area (Å²) in [6.07, 6.45) is 0. The molecule has 0 spiro atoms. The van der Waals surface area contributed by atoms with Crippen molar-refractivity contribution in [1.29, 1.82) is 0 Å². The lowest BCUT2D eigenvalue weighted by atomic mass is 9.90. The maximum atomic E-state index is 12.4. The van der Waals surface area contributed by atoms with E-state index in [-0.39, 0.29) is 0 Å². The molecule has 2 aliphatic carbocycles. The Balaban J connectivity index is 1.33. The molecule has 0 N–H and O–H groups in total. The molecule has 0 aliphatic heterocycles. The topological polar surface area (TPSA) is 52.6 Å². The van der Waals surface area contributed by atoms with Crippen molar-refractivity contribution in [2.24, 2.45) is 0 Å². The minimum atomic E-state index is -1.24. The van der Waals surface area contributed by atoms with Gasteiger partial charge in [-0.25, -0.2) is 0 Å². The number of rotatable bonds is 2. The van der Waals surface area contributed by atoms with E-state index >= 15 is 0 Å². The van der Waals surface area contributed by atoms with Gasteiger partial charge in [0.25, 0.3) is 0 Å². The summed E-state index contributed by atoms with van der Waals surface area (Å²) >= 11 is 0. The Morgan fingerprint density at radius 1 is 0.477 bits per heavy atom. The van der Waals surface area contributed by atoms with Crippen LogP contribution in [0.25, 0.3) is 22.3 Å². The van der Waals surface area contributed by atoms with Crippen molar-refractivity contribution in [2.75, 3.05) is 0 Å². The van der Waals surface area contributed by atoms with Crippen LogP contribution >= 0.6 is 0 Å². The van der Waals surface area contributed by atoms with E-state index in [2.05, 4.69) is 23.7 Å². The lowest BCUT2D eigenvalue weighted by Crippen LogP contribution is -2.29. The zero-order valence-electron chi connectivity index (χ0n) is 24.2. The summed E-state index contributed by atoms with van der Waals surface area (Å²) in [7, 11) is 0. The van der Waals surface area contributed by atoms with Crippen molar-refractivity contribution < 1.29 is 19.1 Å². The summed E-state index contributed by atoms with van der Waals surface area (Å²) in [4.78, 5) is 24.9. The molecule has 0 amide bonds. The van der Waals surface area contributed by atoms with Crippen molar-refractivity contribution >= 4 is 11.9 Å². The number of fused-ring (bicyclic) bond motifs is 6. The maximum absolute atomic E-state index is 12.4. The molecule has 210 valence electrons. The van der Waals surface area contributed by atoms with Gasteiger partial charge in [-0.2, -0.15) is 0 Å². The van der Waals surface area contributed by atoms with Crippen LogP contribution < -0.4 is 0 Å². The van der Waals surface area contributed by atoms with E-state index in [4.69, 9.17) is 9.47 Å². The van der Waals surface area contributed by atoms with Crippen molar-refractivity contribution in [3.8, 4) is 45.9 Å². The molecule has 2 aliphatic rings. The molecule has 7 rings (SSSR count). The van der Waals surface area contributed by atoms with Gasteiger partial charge in [0, 0.05) is 47.2 Å². The fourth-order valence-corrected chi connectivity index (χ4v) is 6.36. The maximum Gasteiger partial charge on any atom is 0.304 e. The first-order valence-electron chi connectivity index (χ1n) is 14.4. The first-order chi connectivity index (χ1) is 21.4. The molecule has 4 nitrogen and oxygen atoms in total. The van der Waals surface area contributed by atoms with Crippen LogP contribution in [0.15, 0.2) is 121 Å². The highest BCUT2D eigenvalue weighted by Gasteiger charge is 2.46. The molecule has 0 unspecified atom stereocenters. The summed E-state index contributed by atoms with van der Waals surface area (Å²) < 4.78 is 12.1. The molecule has 0 bridgehead atoms. The second-order valence-corrected chi connectivity index (χ2v) is 10.8. The molecule has 0 saturated carbocycles. The Kier molecular flexibility index (Phi) is 6.42. The van der Waals surface area contributed by atoms with Crippen molar-refractivity contribution in [2.45, 2.75) is 25.0 Å². The Morgan fingerprint density at radius 3 is 1.11 bits per heavy atom. The molecule has 0 atom stereocenters. The predicted octanol–water partition coefficient (Wildman–Crippen LogP) is 7.36. The molecule has 0 aromatic heterocycles. The second-order valence-electron chi connectivity index (χ2n) is 10.8. The Hall–Kier alpha value is -5.84. The molecule has 0 radical (unpaired) electrons. The summed E-state index contributed by atoms with van der Waals surface area (Å²) in [5.41, 5.74) is 6.24. The monoisotopic (exact) mass is 570 g/mol. The van der Waals surface area contributed by atoms with Gasteiger partial charge in [0.05, 0.1) is 0 Å². The fourth-order valence-electron chi connectivity index (χ4n) is 6.36. The van der Waals surface area contributed by atoms with E-state index in [0.717, 1.165) is 44.5 Å². The van der Waals surface area contributed by atoms with Gasteiger partial charge >= 0.3 is 11.9 Å². The van der Waals surface area contributed by atoms with E-state index in [1.54, 1.807) is 0 Å². The normalized spacial score (nSPS) is 13.9. The zero-order chi connectivity index (χ0) is 30.3. The Morgan fingerprint density at radius 2 is 0.795 bits per heavy atom. The molecule has 44 heavy (non-hydrogen) atoms. The molecular weight excluding hydrogens is 544 g/mol. The molecule has 0 heterocycles. The average molecular weight is 571 g/mol. The molecule has 0 fully saturated rings. The zero-order valence-corrected chi connectivity index (χ0v) is 24.2. The number of esters is 2. The Bertz CT molecular complexity index is 1880. The minimum absolute atomic E-state index is 0.418. The van der Waals surface area contributed by atoms with E-state index in [1.165, 1.54) is 13.8 Å². The molecule has 5 aromatic carbocycles. The van der Waals surface area contributed by atoms with Crippen LogP contribution in [0, 0.1) is 23.7 Å². The van der Waals surface area contributed by atoms with E-state index in [0.29, 0.717) is 11.1 Å². The predicted molar refractivity (Wildman–Crippen MR) is 169 cm³/mol. The first kappa shape index (κ1) is 27.0. The standard InChI is InChI=1S/C40H26O4/c1-27(41)43-39(35-18-7-3-14-31(35)32-15-4-8-19-36(32)39)24-22-29-12-11-13-30(26-29)23-25-40(44-28(2)42)37-20-9-5-16-33(37)34-17-6-10-21-38(34)40/h3-21,26H,1-2H3. The van der Waals surface area contributed by atoms with Gasteiger partial charge < -0.3 is 9.47 Å². The molecular formula is C40H26O4. The van der Waals surface area contributed by atoms with Gasteiger partial charge in [-0.15, -0.1) is 0 Å². The van der Waals surface area contributed by atoms with Gasteiger partial charge in [-0.05, 0) is 52.3 Å². The van der Waals surface area contributed by atoms with Gasteiger partial charge in [0.2, 0.25) is 11.2 Å². The van der Waals surface area contributed by atoms with Crippen LogP contribution in [0.2, 0.25) is 0 Å². The number of hydrogen-bond acceptors (Lipinski definition) is 4. The summed E-state index contributed by atoms with van der Waals surface area (Å²) in [6.45, 7) is 2.81. The lowest BCUT2D eigenvalue weighted by Gasteiger charge is -2.25. The van der Waals surface area contributed by atoms with Crippen LogP contribution in [-0.2, 0) is 30.3 Å². The number of benzene rings is 5. The quantitative estimate of drug-likeness (QED) is 0.164. The van der Waals surface area contributed by atoms with Crippen LogP contribution in [0.3, 0.4) is 0 Å². The smallest absolute Gasteiger partial charge is 0.304 e. The molecule has 5 aromatic rings. The van der Waals surface area contributed by atoms with E-state index in [1.807, 2.05) is 121 Å². The minimum Gasteiger partial charge on any atom is -0.437 e. The summed E-state index contributed by atoms with van der Waals surface area (Å²) in [5, 5.41) is 0. The SMILES string of the molecule is CC(=O)OC1(C#Cc2cccc(C#CC3(OC(C)=O)c4ccccc4-c4ccccc43)c2)c2ccccc2-c2ccccc21. The third kappa shape index (κ3) is 4.28. The van der Waals surface area contributed by atoms with Crippen LogP contribution in [-0.4, -0.2) is 11.9 Å². The first-order valence-corrected chi connectivity index (χ1v) is 14.4. The largest absolute Gasteiger partial charge is 0.437 e. The van der Waals surface area contributed by atoms with E-state index < -0.39 is 23.1 Å². The van der Waals surface area contributed by atoms with Gasteiger partial charge in [-0.3, -0.25) is 9.59 Å². The summed E-state index contributed by atoms with van der Waals surface area (Å²) in [5.74, 6) is 12.4. The average Bonchev–Trinajstić information content (AvgIpc) is 3.47. The molecule has 4 heteroatoms. The third-order valence-electron chi connectivity index (χ3n) is 8.03. The van der Waals surface area contributed by atoms with Crippen molar-refractivity contribution in [3.63, 3.8) is 0 Å². The van der Waals surface area contributed by atoms with Gasteiger partial charge in [-0.1, -0.05) is 115 Å². The summed E-state index contributed by atoms with van der Waals surface area (Å²) in [6, 6.07) is 39.1. The van der Waals surface area contributed by atoms with Crippen LogP contribution in [0.5, 0.6) is 0 Å². The number of carbonyl (C=O) groups is 2. The van der Waals surface area contributed by atoms with Gasteiger partial charge in [0.15, 0.2) is 0 Å². The van der Waals surface area contributed by atoms with Crippen LogP contribution in [0.4, 0.5) is 0 Å². The van der Waals surface area contributed by atoms with Gasteiger partial charge in [0.1, 0.15) is 0 Å². The highest BCUT2D eigenvalue weighted by molar-refractivity contribution is 5.85. The number of ether oxygens (including phenoxy) is 2. The molecule has 0 saturated heterocycles. The highest BCUT2D eigenvalue weighted by atomic mass is 16.6. The third-order valence-corrected chi connectivity index (χ3v) is 8.03. The number of hydrogen-bond donors (Lipinski definition) is 0. The number of carbonyl (C=O) groups excluding carboxylic acids is 2. The lowest BCUT2D eigenvalue weighted by molar-refractivity contribution is -0.150. The Labute approximate surface area is 256 Å². The van der Waals surface area contributed by atoms with Crippen molar-refractivity contribution in [1.82, 2.24) is 0 Å². The van der Waals surface area contributed by atoms with E-state index in [9.17, 15) is 9.59 Å². The highest BCUT2D eigenvalue weighted by Crippen LogP contribution is 2.50.